The van der Waals surface area contributed by atoms with Crippen molar-refractivity contribution in [1.29, 1.82) is 5.26 Å². The van der Waals surface area contributed by atoms with Crippen LogP contribution in [0.2, 0.25) is 0 Å². The zero-order valence-electron chi connectivity index (χ0n) is 13.4. The number of nitriles is 1. The molecule has 1 fully saturated rings. The highest BCUT2D eigenvalue weighted by molar-refractivity contribution is 7.99. The molecule has 3 rings (SSSR count). The van der Waals surface area contributed by atoms with Crippen molar-refractivity contribution in [2.24, 2.45) is 5.92 Å². The normalized spacial score (nSPS) is 16.4. The SMILES string of the molecule is Cc1occc1-c1nnc(SCC(=O)NC(C)(C#N)C2CC2)n1N. The zero-order valence-corrected chi connectivity index (χ0v) is 14.3. The molecule has 2 aromatic rings. The van der Waals surface area contributed by atoms with Crippen molar-refractivity contribution in [3.8, 4) is 17.5 Å². The van der Waals surface area contributed by atoms with Gasteiger partial charge in [-0.05, 0) is 38.7 Å². The summed E-state index contributed by atoms with van der Waals surface area (Å²) in [7, 11) is 0. The van der Waals surface area contributed by atoms with Crippen LogP contribution < -0.4 is 11.2 Å². The number of nitrogens with zero attached hydrogens (tertiary/aromatic N) is 4. The average Bonchev–Trinajstić information content (AvgIpc) is 3.25. The van der Waals surface area contributed by atoms with Crippen LogP contribution in [0.3, 0.4) is 0 Å². The van der Waals surface area contributed by atoms with Crippen molar-refractivity contribution in [3.63, 3.8) is 0 Å². The van der Waals surface area contributed by atoms with E-state index in [1.807, 2.05) is 6.92 Å². The second-order valence-corrected chi connectivity index (χ2v) is 6.93. The van der Waals surface area contributed by atoms with Gasteiger partial charge in [0.15, 0.2) is 5.82 Å². The molecular weight excluding hydrogens is 328 g/mol. The number of amides is 1. The molecule has 0 aliphatic heterocycles. The van der Waals surface area contributed by atoms with Crippen molar-refractivity contribution >= 4 is 17.7 Å². The third kappa shape index (κ3) is 3.10. The third-order valence-electron chi connectivity index (χ3n) is 4.12. The monoisotopic (exact) mass is 346 g/mol. The number of carbonyl (C=O) groups is 1. The molecular formula is C15H18N6O2S. The fourth-order valence-electron chi connectivity index (χ4n) is 2.51. The number of hydrogen-bond donors (Lipinski definition) is 2. The van der Waals surface area contributed by atoms with Crippen LogP contribution in [0.5, 0.6) is 0 Å². The smallest absolute Gasteiger partial charge is 0.231 e. The highest BCUT2D eigenvalue weighted by atomic mass is 32.2. The summed E-state index contributed by atoms with van der Waals surface area (Å²) in [5.41, 5.74) is -0.0420. The molecule has 1 aliphatic rings. The van der Waals surface area contributed by atoms with Gasteiger partial charge in [0.05, 0.1) is 23.6 Å². The first-order chi connectivity index (χ1) is 11.4. The Morgan fingerprint density at radius 3 is 2.96 bits per heavy atom. The highest BCUT2D eigenvalue weighted by Gasteiger charge is 2.42. The minimum Gasteiger partial charge on any atom is -0.469 e. The van der Waals surface area contributed by atoms with E-state index < -0.39 is 5.54 Å². The number of furan rings is 1. The first-order valence-corrected chi connectivity index (χ1v) is 8.53. The van der Waals surface area contributed by atoms with Crippen LogP contribution in [0, 0.1) is 24.2 Å². The summed E-state index contributed by atoms with van der Waals surface area (Å²) in [5.74, 6) is 7.31. The largest absolute Gasteiger partial charge is 0.469 e. The van der Waals surface area contributed by atoms with Crippen LogP contribution in [0.4, 0.5) is 0 Å². The van der Waals surface area contributed by atoms with Gasteiger partial charge in [0.25, 0.3) is 0 Å². The Balaban J connectivity index is 1.63. The number of rotatable bonds is 6. The Bertz CT molecular complexity index is 803. The van der Waals surface area contributed by atoms with E-state index in [0.717, 1.165) is 18.4 Å². The quantitative estimate of drug-likeness (QED) is 0.599. The minimum atomic E-state index is -0.799. The summed E-state index contributed by atoms with van der Waals surface area (Å²) in [6.45, 7) is 3.57. The van der Waals surface area contributed by atoms with Gasteiger partial charge in [0.1, 0.15) is 11.3 Å². The lowest BCUT2D eigenvalue weighted by atomic mass is 9.98. The first-order valence-electron chi connectivity index (χ1n) is 7.54. The molecule has 0 bridgehead atoms. The lowest BCUT2D eigenvalue weighted by molar-refractivity contribution is -0.119. The molecule has 0 radical (unpaired) electrons. The Kier molecular flexibility index (Phi) is 4.24. The highest BCUT2D eigenvalue weighted by Crippen LogP contribution is 2.39. The second kappa shape index (κ2) is 6.20. The maximum absolute atomic E-state index is 12.1. The average molecular weight is 346 g/mol. The summed E-state index contributed by atoms with van der Waals surface area (Å²) in [4.78, 5) is 12.1. The van der Waals surface area contributed by atoms with E-state index in [1.165, 1.54) is 16.4 Å². The summed E-state index contributed by atoms with van der Waals surface area (Å²) >= 11 is 1.17. The predicted octanol–water partition coefficient (Wildman–Crippen LogP) is 1.46. The maximum Gasteiger partial charge on any atom is 0.231 e. The van der Waals surface area contributed by atoms with Crippen LogP contribution >= 0.6 is 11.8 Å². The zero-order chi connectivity index (χ0) is 17.3. The van der Waals surface area contributed by atoms with E-state index in [9.17, 15) is 10.1 Å². The fraction of sp³-hybridized carbons (Fsp3) is 0.467. The number of nitrogens with two attached hydrogens (primary N) is 1. The van der Waals surface area contributed by atoms with Crippen molar-refractivity contribution in [2.45, 2.75) is 37.4 Å². The lowest BCUT2D eigenvalue weighted by Crippen LogP contribution is -2.47. The van der Waals surface area contributed by atoms with Crippen LogP contribution in [0.25, 0.3) is 11.4 Å². The molecule has 9 heteroatoms. The topological polar surface area (TPSA) is 123 Å². The molecule has 8 nitrogen and oxygen atoms in total. The van der Waals surface area contributed by atoms with Gasteiger partial charge in [-0.3, -0.25) is 4.79 Å². The van der Waals surface area contributed by atoms with E-state index in [-0.39, 0.29) is 17.6 Å². The number of carbonyl (C=O) groups excluding carboxylic acids is 1. The number of aryl methyl sites for hydroxylation is 1. The minimum absolute atomic E-state index is 0.115. The summed E-state index contributed by atoms with van der Waals surface area (Å²) < 4.78 is 6.57. The molecule has 0 saturated heterocycles. The molecule has 24 heavy (non-hydrogen) atoms. The van der Waals surface area contributed by atoms with Crippen molar-refractivity contribution in [2.75, 3.05) is 11.6 Å². The molecule has 1 amide bonds. The lowest BCUT2D eigenvalue weighted by Gasteiger charge is -2.22. The van der Waals surface area contributed by atoms with E-state index in [2.05, 4.69) is 21.6 Å². The van der Waals surface area contributed by atoms with Crippen LogP contribution in [-0.4, -0.2) is 32.1 Å². The van der Waals surface area contributed by atoms with Crippen molar-refractivity contribution in [1.82, 2.24) is 20.2 Å². The molecule has 1 saturated carbocycles. The van der Waals surface area contributed by atoms with Crippen LogP contribution in [0.1, 0.15) is 25.5 Å². The molecule has 1 aliphatic carbocycles. The molecule has 1 unspecified atom stereocenters. The molecule has 0 spiro atoms. The molecule has 3 N–H and O–H groups in total. The molecule has 2 aromatic heterocycles. The first kappa shape index (κ1) is 16.4. The van der Waals surface area contributed by atoms with Gasteiger partial charge in [-0.15, -0.1) is 10.2 Å². The summed E-state index contributed by atoms with van der Waals surface area (Å²) in [5, 5.41) is 20.6. The Morgan fingerprint density at radius 1 is 1.62 bits per heavy atom. The standard InChI is InChI=1S/C15H18N6O2S/c1-9-11(5-6-23-9)13-19-20-14(21(13)17)24-7-12(22)18-15(2,8-16)10-3-4-10/h5-6,10H,3-4,7,17H2,1-2H3,(H,18,22). The molecule has 2 heterocycles. The summed E-state index contributed by atoms with van der Waals surface area (Å²) in [6.07, 6.45) is 3.50. The number of nitrogens with one attached hydrogen (secondary N) is 1. The van der Waals surface area contributed by atoms with Gasteiger partial charge in [0.2, 0.25) is 11.1 Å². The maximum atomic E-state index is 12.1. The van der Waals surface area contributed by atoms with Crippen LogP contribution in [0.15, 0.2) is 21.9 Å². The van der Waals surface area contributed by atoms with Gasteiger partial charge in [-0.1, -0.05) is 11.8 Å². The van der Waals surface area contributed by atoms with Gasteiger partial charge >= 0.3 is 0 Å². The van der Waals surface area contributed by atoms with E-state index in [0.29, 0.717) is 16.7 Å². The van der Waals surface area contributed by atoms with Crippen molar-refractivity contribution in [3.05, 3.63) is 18.1 Å². The Morgan fingerprint density at radius 2 is 2.38 bits per heavy atom. The predicted molar refractivity (Wildman–Crippen MR) is 88.2 cm³/mol. The number of nitrogen functional groups attached to an aromatic ring is 1. The van der Waals surface area contributed by atoms with Gasteiger partial charge in [-0.2, -0.15) is 5.26 Å². The Hall–Kier alpha value is -2.47. The third-order valence-corrected chi connectivity index (χ3v) is 5.06. The van der Waals surface area contributed by atoms with Crippen LogP contribution in [-0.2, 0) is 4.79 Å². The van der Waals surface area contributed by atoms with Gasteiger partial charge in [-0.25, -0.2) is 4.68 Å². The fourth-order valence-corrected chi connectivity index (χ4v) is 3.17. The summed E-state index contributed by atoms with van der Waals surface area (Å²) in [6, 6.07) is 3.96. The van der Waals surface area contributed by atoms with Gasteiger partial charge in [0, 0.05) is 0 Å². The van der Waals surface area contributed by atoms with Crippen molar-refractivity contribution < 1.29 is 9.21 Å². The second-order valence-electron chi connectivity index (χ2n) is 5.99. The van der Waals surface area contributed by atoms with E-state index in [1.54, 1.807) is 19.3 Å². The number of thioether (sulfide) groups is 1. The van der Waals surface area contributed by atoms with Gasteiger partial charge < -0.3 is 15.6 Å². The molecule has 1 atom stereocenters. The van der Waals surface area contributed by atoms with E-state index >= 15 is 0 Å². The molecule has 0 aromatic carbocycles. The number of aromatic nitrogens is 3. The van der Waals surface area contributed by atoms with E-state index in [4.69, 9.17) is 10.3 Å². The number of hydrogen-bond acceptors (Lipinski definition) is 7. The Labute approximate surface area is 143 Å². The molecule has 126 valence electrons.